The van der Waals surface area contributed by atoms with Gasteiger partial charge in [-0.2, -0.15) is 0 Å². The van der Waals surface area contributed by atoms with Gasteiger partial charge in [0.05, 0.1) is 0 Å². The van der Waals surface area contributed by atoms with E-state index in [2.05, 4.69) is 92.9 Å². The van der Waals surface area contributed by atoms with Crippen molar-refractivity contribution in [2.24, 2.45) is 0 Å². The van der Waals surface area contributed by atoms with E-state index in [0.29, 0.717) is 8.64 Å². The molecular formula is C18H36FeN2S4. The van der Waals surface area contributed by atoms with Gasteiger partial charge in [0.15, 0.2) is 0 Å². The average Bonchev–Trinajstić information content (AvgIpc) is 2.03. The topological polar surface area (TPSA) is 6.48 Å². The number of nitrogens with zero attached hydrogens (tertiary/aromatic N) is 2. The van der Waals surface area contributed by atoms with Gasteiger partial charge >= 0.3 is 17.1 Å². The molecule has 0 aromatic carbocycles. The van der Waals surface area contributed by atoms with E-state index in [1.54, 1.807) is 0 Å². The zero-order chi connectivity index (χ0) is 20.3. The SMILES string of the molecule is CC(C)(C)N(C(=S)[S-])C(C)(C)C.CC(C)(C)N(C(=S)[S-])C(C)(C)C.[Fe+2]. The molecule has 0 rings (SSSR count). The summed E-state index contributed by atoms with van der Waals surface area (Å²) in [5.74, 6) is 0. The average molecular weight is 465 g/mol. The maximum Gasteiger partial charge on any atom is 2.00 e. The van der Waals surface area contributed by atoms with Crippen molar-refractivity contribution in [2.75, 3.05) is 0 Å². The third-order valence-electron chi connectivity index (χ3n) is 3.05. The molecule has 0 aromatic rings. The van der Waals surface area contributed by atoms with Crippen LogP contribution in [0.2, 0.25) is 0 Å². The molecule has 2 nitrogen and oxygen atoms in total. The minimum atomic E-state index is 0. The van der Waals surface area contributed by atoms with Crippen LogP contribution < -0.4 is 0 Å². The fourth-order valence-electron chi connectivity index (χ4n) is 3.11. The van der Waals surface area contributed by atoms with Crippen LogP contribution >= 0.6 is 24.4 Å². The van der Waals surface area contributed by atoms with Gasteiger partial charge in [0.1, 0.15) is 0 Å². The predicted octanol–water partition coefficient (Wildman–Crippen LogP) is 5.43. The van der Waals surface area contributed by atoms with Gasteiger partial charge in [-0.05, 0) is 83.1 Å². The predicted molar refractivity (Wildman–Crippen MR) is 123 cm³/mol. The van der Waals surface area contributed by atoms with Gasteiger partial charge in [-0.25, -0.2) is 0 Å². The molecule has 0 aliphatic carbocycles. The Morgan fingerprint density at radius 3 is 0.640 bits per heavy atom. The van der Waals surface area contributed by atoms with Gasteiger partial charge in [-0.3, -0.25) is 0 Å². The second-order valence-electron chi connectivity index (χ2n) is 9.89. The smallest absolute Gasteiger partial charge is 0.411 e. The summed E-state index contributed by atoms with van der Waals surface area (Å²) in [5, 5.41) is 0. The van der Waals surface area contributed by atoms with Crippen LogP contribution in [-0.4, -0.2) is 40.6 Å². The van der Waals surface area contributed by atoms with Crippen molar-refractivity contribution >= 4 is 58.3 Å². The maximum absolute atomic E-state index is 5.05. The Kier molecular flexibility index (Phi) is 12.6. The van der Waals surface area contributed by atoms with Crippen molar-refractivity contribution in [2.45, 2.75) is 105 Å². The van der Waals surface area contributed by atoms with Gasteiger partial charge in [0.2, 0.25) is 0 Å². The molecule has 0 unspecified atom stereocenters. The molecule has 0 fully saturated rings. The molecule has 0 radical (unpaired) electrons. The van der Waals surface area contributed by atoms with E-state index in [4.69, 9.17) is 49.7 Å². The quantitative estimate of drug-likeness (QED) is 0.266. The fraction of sp³-hybridized carbons (Fsp3) is 0.889. The molecule has 0 heterocycles. The van der Waals surface area contributed by atoms with Crippen LogP contribution in [0.4, 0.5) is 0 Å². The second kappa shape index (κ2) is 10.3. The standard InChI is InChI=1S/2C9H19NS2.Fe/c2*1-8(2,3)10(7(11)12)9(4,5)6;/h2*1-6H3,(H,11,12);/q;;+2/p-2. The third-order valence-corrected chi connectivity index (χ3v) is 3.78. The van der Waals surface area contributed by atoms with E-state index >= 15 is 0 Å². The molecule has 7 heteroatoms. The summed E-state index contributed by atoms with van der Waals surface area (Å²) in [4.78, 5) is 4.18. The van der Waals surface area contributed by atoms with Gasteiger partial charge in [0.25, 0.3) is 0 Å². The molecule has 0 aliphatic rings. The first-order valence-corrected chi connectivity index (χ1v) is 9.79. The van der Waals surface area contributed by atoms with Crippen molar-refractivity contribution in [1.82, 2.24) is 9.80 Å². The van der Waals surface area contributed by atoms with Crippen LogP contribution in [0.1, 0.15) is 83.1 Å². The Balaban J connectivity index is -0.000000372. The van der Waals surface area contributed by atoms with Gasteiger partial charge in [-0.15, -0.1) is 0 Å². The summed E-state index contributed by atoms with van der Waals surface area (Å²) in [5.41, 5.74) is 0.0440. The monoisotopic (exact) mass is 464 g/mol. The van der Waals surface area contributed by atoms with Gasteiger partial charge in [0, 0.05) is 22.2 Å². The van der Waals surface area contributed by atoms with Crippen LogP contribution in [-0.2, 0) is 42.3 Å². The summed E-state index contributed by atoms with van der Waals surface area (Å²) < 4.78 is 1.10. The van der Waals surface area contributed by atoms with E-state index < -0.39 is 0 Å². The fourth-order valence-corrected chi connectivity index (χ4v) is 5.30. The molecule has 25 heavy (non-hydrogen) atoms. The molecule has 0 bridgehead atoms. The van der Waals surface area contributed by atoms with E-state index in [9.17, 15) is 0 Å². The molecule has 0 atom stereocenters. The van der Waals surface area contributed by atoms with Crippen molar-refractivity contribution in [3.8, 4) is 0 Å². The number of hydrogen-bond donors (Lipinski definition) is 0. The largest absolute Gasteiger partial charge is 2.00 e. The first-order valence-electron chi connectivity index (χ1n) is 8.16. The van der Waals surface area contributed by atoms with E-state index in [-0.39, 0.29) is 39.2 Å². The summed E-state index contributed by atoms with van der Waals surface area (Å²) in [7, 11) is 0. The summed E-state index contributed by atoms with van der Waals surface area (Å²) in [6.07, 6.45) is 0. The third kappa shape index (κ3) is 11.9. The molecular weight excluding hydrogens is 428 g/mol. The minimum absolute atomic E-state index is 0. The summed E-state index contributed by atoms with van der Waals surface area (Å²) in [6.45, 7) is 25.5. The van der Waals surface area contributed by atoms with Crippen LogP contribution in [0.5, 0.6) is 0 Å². The van der Waals surface area contributed by atoms with Gasteiger partial charge in [-0.1, -0.05) is 8.64 Å². The number of thiocarbonyl (C=S) groups is 2. The molecule has 0 saturated heterocycles. The zero-order valence-corrected chi connectivity index (χ0v) is 22.3. The maximum atomic E-state index is 5.05. The van der Waals surface area contributed by atoms with Crippen LogP contribution in [0.25, 0.3) is 0 Å². The molecule has 150 valence electrons. The minimum Gasteiger partial charge on any atom is -0.411 e. The van der Waals surface area contributed by atoms with Crippen molar-refractivity contribution in [3.05, 3.63) is 0 Å². The van der Waals surface area contributed by atoms with Gasteiger partial charge < -0.3 is 59.5 Å². The molecule has 0 aromatic heterocycles. The number of rotatable bonds is 0. The molecule has 0 spiro atoms. The first-order chi connectivity index (χ1) is 10.1. The van der Waals surface area contributed by atoms with Crippen LogP contribution in [0, 0.1) is 0 Å². The Morgan fingerprint density at radius 2 is 0.640 bits per heavy atom. The second-order valence-corrected chi connectivity index (χ2v) is 11.9. The Morgan fingerprint density at radius 1 is 0.520 bits per heavy atom. The van der Waals surface area contributed by atoms with Crippen molar-refractivity contribution in [3.63, 3.8) is 0 Å². The van der Waals surface area contributed by atoms with Crippen LogP contribution in [0.15, 0.2) is 0 Å². The van der Waals surface area contributed by atoms with Crippen molar-refractivity contribution < 1.29 is 17.1 Å². The Bertz CT molecular complexity index is 368. The normalized spacial score (nSPS) is 12.3. The van der Waals surface area contributed by atoms with E-state index in [1.165, 1.54) is 0 Å². The number of hydrogen-bond acceptors (Lipinski definition) is 4. The summed E-state index contributed by atoms with van der Waals surface area (Å²) >= 11 is 20.2. The van der Waals surface area contributed by atoms with E-state index in [1.807, 2.05) is 0 Å². The van der Waals surface area contributed by atoms with Crippen molar-refractivity contribution in [1.29, 1.82) is 0 Å². The first kappa shape index (κ1) is 30.5. The molecule has 0 N–H and O–H groups in total. The van der Waals surface area contributed by atoms with E-state index in [0.717, 1.165) is 0 Å². The molecule has 0 amide bonds. The Labute approximate surface area is 189 Å². The Hall–Kier alpha value is 0.739. The molecule has 0 saturated carbocycles. The summed E-state index contributed by atoms with van der Waals surface area (Å²) in [6, 6.07) is 0. The molecule has 0 aliphatic heterocycles. The van der Waals surface area contributed by atoms with Crippen LogP contribution in [0.3, 0.4) is 0 Å². The zero-order valence-electron chi connectivity index (χ0n) is 17.9.